The highest BCUT2D eigenvalue weighted by Crippen LogP contribution is 2.36. The van der Waals surface area contributed by atoms with Gasteiger partial charge in [0.1, 0.15) is 6.54 Å². The molecule has 1 aliphatic rings. The highest BCUT2D eigenvalue weighted by Gasteiger charge is 2.27. The Bertz CT molecular complexity index is 686. The molecule has 25 heavy (non-hydrogen) atoms. The largest absolute Gasteiger partial charge is 0.351 e. The van der Waals surface area contributed by atoms with Crippen LogP contribution in [-0.2, 0) is 9.59 Å². The Labute approximate surface area is 152 Å². The number of nitrogens with one attached hydrogen (secondary N) is 1. The summed E-state index contributed by atoms with van der Waals surface area (Å²) >= 11 is 1.42. The van der Waals surface area contributed by atoms with E-state index in [4.69, 9.17) is 0 Å². The molecule has 1 aliphatic heterocycles. The molecule has 1 aromatic carbocycles. The first kappa shape index (κ1) is 19.1. The van der Waals surface area contributed by atoms with Gasteiger partial charge in [-0.15, -0.1) is 18.3 Å². The minimum Gasteiger partial charge on any atom is -0.351 e. The van der Waals surface area contributed by atoms with Gasteiger partial charge >= 0.3 is 0 Å². The number of hydrogen-bond donors (Lipinski definition) is 1. The van der Waals surface area contributed by atoms with Crippen LogP contribution in [0.25, 0.3) is 0 Å². The van der Waals surface area contributed by atoms with E-state index >= 15 is 0 Å². The molecule has 1 N–H and O–H groups in total. The van der Waals surface area contributed by atoms with Crippen LogP contribution in [0.4, 0.5) is 5.69 Å². The zero-order chi connectivity index (χ0) is 18.4. The summed E-state index contributed by atoms with van der Waals surface area (Å²) in [5, 5.41) is 2.67. The summed E-state index contributed by atoms with van der Waals surface area (Å²) in [5.41, 5.74) is 1.14. The molecule has 0 unspecified atom stereocenters. The first-order valence-electron chi connectivity index (χ1n) is 8.25. The van der Waals surface area contributed by atoms with E-state index in [-0.39, 0.29) is 30.0 Å². The molecule has 2 rings (SSSR count). The maximum absolute atomic E-state index is 12.6. The molecule has 3 amide bonds. The summed E-state index contributed by atoms with van der Waals surface area (Å²) in [6.45, 7) is 8.93. The highest BCUT2D eigenvalue weighted by molar-refractivity contribution is 8.00. The van der Waals surface area contributed by atoms with E-state index in [0.29, 0.717) is 30.9 Å². The van der Waals surface area contributed by atoms with Crippen LogP contribution in [0, 0.1) is 0 Å². The molecule has 1 heterocycles. The fourth-order valence-corrected chi connectivity index (χ4v) is 3.50. The quantitative estimate of drug-likeness (QED) is 0.753. The topological polar surface area (TPSA) is 69.7 Å². The number of amides is 3. The molecule has 0 radical (unpaired) electrons. The molecule has 0 atom stereocenters. The number of anilines is 1. The fraction of sp³-hybridized carbons (Fsp3) is 0.389. The van der Waals surface area contributed by atoms with Crippen LogP contribution in [0.2, 0.25) is 0 Å². The number of fused-ring (bicyclic) bond motifs is 1. The second-order valence-corrected chi connectivity index (χ2v) is 6.54. The SMILES string of the molecule is C=CCNC(=O)CN1C(=O)CSc2ccc(C(=O)N(CC)CC)cc21. The minimum atomic E-state index is -0.258. The summed E-state index contributed by atoms with van der Waals surface area (Å²) in [6.07, 6.45) is 1.58. The van der Waals surface area contributed by atoms with Crippen molar-refractivity contribution in [3.8, 4) is 0 Å². The van der Waals surface area contributed by atoms with Gasteiger partial charge < -0.3 is 15.1 Å². The lowest BCUT2D eigenvalue weighted by molar-refractivity contribution is -0.122. The van der Waals surface area contributed by atoms with Gasteiger partial charge in [-0.3, -0.25) is 14.4 Å². The monoisotopic (exact) mass is 361 g/mol. The molecule has 0 saturated carbocycles. The van der Waals surface area contributed by atoms with Gasteiger partial charge in [-0.05, 0) is 32.0 Å². The summed E-state index contributed by atoms with van der Waals surface area (Å²) in [5.74, 6) is -0.192. The lowest BCUT2D eigenvalue weighted by Gasteiger charge is -2.29. The Balaban J connectivity index is 2.29. The van der Waals surface area contributed by atoms with Crippen molar-refractivity contribution in [3.63, 3.8) is 0 Å². The number of nitrogens with zero attached hydrogens (tertiary/aromatic N) is 2. The van der Waals surface area contributed by atoms with Crippen molar-refractivity contribution in [1.82, 2.24) is 10.2 Å². The summed E-state index contributed by atoms with van der Waals surface area (Å²) < 4.78 is 0. The third kappa shape index (κ3) is 4.42. The maximum atomic E-state index is 12.6. The summed E-state index contributed by atoms with van der Waals surface area (Å²) in [6, 6.07) is 5.33. The Kier molecular flexibility index (Phi) is 6.64. The van der Waals surface area contributed by atoms with Gasteiger partial charge in [0.25, 0.3) is 5.91 Å². The zero-order valence-electron chi connectivity index (χ0n) is 14.6. The van der Waals surface area contributed by atoms with E-state index in [0.717, 1.165) is 4.90 Å². The van der Waals surface area contributed by atoms with Crippen molar-refractivity contribution < 1.29 is 14.4 Å². The Morgan fingerprint density at radius 1 is 1.36 bits per heavy atom. The van der Waals surface area contributed by atoms with Crippen molar-refractivity contribution in [2.24, 2.45) is 0 Å². The van der Waals surface area contributed by atoms with Crippen LogP contribution >= 0.6 is 11.8 Å². The van der Waals surface area contributed by atoms with Crippen LogP contribution < -0.4 is 10.2 Å². The number of benzene rings is 1. The van der Waals surface area contributed by atoms with Crippen LogP contribution in [0.3, 0.4) is 0 Å². The van der Waals surface area contributed by atoms with E-state index in [1.807, 2.05) is 19.9 Å². The summed E-state index contributed by atoms with van der Waals surface area (Å²) in [7, 11) is 0. The lowest BCUT2D eigenvalue weighted by Crippen LogP contribution is -2.43. The minimum absolute atomic E-state index is 0.0663. The average Bonchev–Trinajstić information content (AvgIpc) is 2.62. The molecular formula is C18H23N3O3S. The van der Waals surface area contributed by atoms with Gasteiger partial charge in [0.05, 0.1) is 11.4 Å². The predicted molar refractivity (Wildman–Crippen MR) is 100.0 cm³/mol. The third-order valence-electron chi connectivity index (χ3n) is 3.94. The maximum Gasteiger partial charge on any atom is 0.253 e. The van der Waals surface area contributed by atoms with Crippen molar-refractivity contribution in [2.45, 2.75) is 18.7 Å². The number of carbonyl (C=O) groups is 3. The molecule has 0 fully saturated rings. The summed E-state index contributed by atoms with van der Waals surface area (Å²) in [4.78, 5) is 40.9. The molecule has 0 saturated heterocycles. The number of carbonyl (C=O) groups excluding carboxylic acids is 3. The van der Waals surface area contributed by atoms with Crippen LogP contribution in [0.15, 0.2) is 35.7 Å². The highest BCUT2D eigenvalue weighted by atomic mass is 32.2. The van der Waals surface area contributed by atoms with E-state index in [1.165, 1.54) is 16.7 Å². The standard InChI is InChI=1S/C18H23N3O3S/c1-4-9-19-16(22)11-21-14-10-13(18(24)20(5-2)6-3)7-8-15(14)25-12-17(21)23/h4,7-8,10H,1,5-6,9,11-12H2,2-3H3,(H,19,22). The van der Waals surface area contributed by atoms with E-state index in [9.17, 15) is 14.4 Å². The molecular weight excluding hydrogens is 338 g/mol. The molecule has 0 bridgehead atoms. The van der Waals surface area contributed by atoms with Gasteiger partial charge in [-0.25, -0.2) is 0 Å². The second-order valence-electron chi connectivity index (χ2n) is 5.52. The van der Waals surface area contributed by atoms with Gasteiger partial charge in [0.2, 0.25) is 11.8 Å². The first-order chi connectivity index (χ1) is 12.0. The molecule has 0 aliphatic carbocycles. The average molecular weight is 361 g/mol. The Hall–Kier alpha value is -2.28. The zero-order valence-corrected chi connectivity index (χ0v) is 15.4. The van der Waals surface area contributed by atoms with E-state index in [1.54, 1.807) is 23.1 Å². The first-order valence-corrected chi connectivity index (χ1v) is 9.24. The third-order valence-corrected chi connectivity index (χ3v) is 4.99. The second kappa shape index (κ2) is 8.71. The number of thioether (sulfide) groups is 1. The smallest absolute Gasteiger partial charge is 0.253 e. The molecule has 6 nitrogen and oxygen atoms in total. The molecule has 0 spiro atoms. The Morgan fingerprint density at radius 3 is 2.72 bits per heavy atom. The normalized spacial score (nSPS) is 13.2. The van der Waals surface area contributed by atoms with Crippen molar-refractivity contribution in [3.05, 3.63) is 36.4 Å². The van der Waals surface area contributed by atoms with Crippen LogP contribution in [0.5, 0.6) is 0 Å². The van der Waals surface area contributed by atoms with Gasteiger partial charge in [0.15, 0.2) is 0 Å². The van der Waals surface area contributed by atoms with E-state index in [2.05, 4.69) is 11.9 Å². The van der Waals surface area contributed by atoms with Crippen LogP contribution in [-0.4, -0.2) is 54.6 Å². The van der Waals surface area contributed by atoms with Gasteiger partial charge in [0, 0.05) is 30.1 Å². The van der Waals surface area contributed by atoms with Gasteiger partial charge in [-0.2, -0.15) is 0 Å². The molecule has 1 aromatic rings. The predicted octanol–water partition coefficient (Wildman–Crippen LogP) is 1.91. The van der Waals surface area contributed by atoms with E-state index < -0.39 is 0 Å². The fourth-order valence-electron chi connectivity index (χ4n) is 2.59. The molecule has 7 heteroatoms. The lowest BCUT2D eigenvalue weighted by atomic mass is 10.1. The molecule has 0 aromatic heterocycles. The van der Waals surface area contributed by atoms with Crippen molar-refractivity contribution in [1.29, 1.82) is 0 Å². The molecule has 134 valence electrons. The van der Waals surface area contributed by atoms with Crippen molar-refractivity contribution in [2.75, 3.05) is 36.8 Å². The van der Waals surface area contributed by atoms with Gasteiger partial charge in [-0.1, -0.05) is 6.08 Å². The van der Waals surface area contributed by atoms with Crippen LogP contribution in [0.1, 0.15) is 24.2 Å². The van der Waals surface area contributed by atoms with Crippen molar-refractivity contribution >= 4 is 35.2 Å². The number of rotatable bonds is 7. The number of hydrogen-bond acceptors (Lipinski definition) is 4. The Morgan fingerprint density at radius 2 is 2.08 bits per heavy atom.